The van der Waals surface area contributed by atoms with Crippen LogP contribution in [0.25, 0.3) is 0 Å². The first-order valence-electron chi connectivity index (χ1n) is 8.90. The molecule has 5 heteroatoms. The Morgan fingerprint density at radius 1 is 0.926 bits per heavy atom. The highest BCUT2D eigenvalue weighted by Crippen LogP contribution is 2.32. The Kier molecular flexibility index (Phi) is 6.39. The Bertz CT molecular complexity index is 768. The van der Waals surface area contributed by atoms with Crippen LogP contribution < -0.4 is 5.32 Å². The molecule has 0 radical (unpaired) electrons. The maximum Gasteiger partial charge on any atom is 0.339 e. The van der Waals surface area contributed by atoms with E-state index in [1.54, 1.807) is 43.3 Å². The molecular formula is C22H27NO4. The van der Waals surface area contributed by atoms with Gasteiger partial charge in [-0.25, -0.2) is 4.79 Å². The first kappa shape index (κ1) is 20.6. The van der Waals surface area contributed by atoms with Crippen molar-refractivity contribution in [1.82, 2.24) is 5.32 Å². The van der Waals surface area contributed by atoms with Crippen LogP contribution in [-0.4, -0.2) is 30.7 Å². The summed E-state index contributed by atoms with van der Waals surface area (Å²) in [5, 5.41) is 2.90. The monoisotopic (exact) mass is 369 g/mol. The van der Waals surface area contributed by atoms with E-state index in [9.17, 15) is 9.59 Å². The van der Waals surface area contributed by atoms with E-state index >= 15 is 0 Å². The number of carbonyl (C=O) groups is 2. The second kappa shape index (κ2) is 8.35. The Balaban J connectivity index is 2.57. The molecule has 0 saturated heterocycles. The molecule has 2 aromatic carbocycles. The van der Waals surface area contributed by atoms with Crippen molar-refractivity contribution in [3.05, 3.63) is 71.8 Å². The molecule has 5 nitrogen and oxygen atoms in total. The van der Waals surface area contributed by atoms with Crippen molar-refractivity contribution in [2.24, 2.45) is 0 Å². The minimum Gasteiger partial charge on any atom is -0.467 e. The highest BCUT2D eigenvalue weighted by Gasteiger charge is 2.50. The number of nitrogens with one attached hydrogen (secondary N) is 1. The van der Waals surface area contributed by atoms with E-state index in [0.717, 1.165) is 0 Å². The molecule has 0 saturated carbocycles. The van der Waals surface area contributed by atoms with Gasteiger partial charge in [-0.2, -0.15) is 0 Å². The van der Waals surface area contributed by atoms with Crippen LogP contribution in [0.5, 0.6) is 0 Å². The molecule has 0 aromatic heterocycles. The predicted octanol–water partition coefficient (Wildman–Crippen LogP) is 3.69. The maximum absolute atomic E-state index is 13.0. The number of amides is 1. The molecule has 144 valence electrons. The molecule has 2 atom stereocenters. The number of esters is 1. The number of carbonyl (C=O) groups excluding carboxylic acids is 2. The number of benzene rings is 2. The summed E-state index contributed by atoms with van der Waals surface area (Å²) in [5.74, 6) is -0.969. The molecule has 0 aliphatic carbocycles. The lowest BCUT2D eigenvalue weighted by molar-refractivity contribution is -0.162. The van der Waals surface area contributed by atoms with Crippen LogP contribution in [0.15, 0.2) is 60.7 Å². The quantitative estimate of drug-likeness (QED) is 0.789. The molecule has 0 aliphatic heterocycles. The van der Waals surface area contributed by atoms with Gasteiger partial charge in [0.15, 0.2) is 5.54 Å². The minimum atomic E-state index is -1.49. The van der Waals surface area contributed by atoms with Crippen molar-refractivity contribution in [3.8, 4) is 0 Å². The first-order valence-corrected chi connectivity index (χ1v) is 8.90. The smallest absolute Gasteiger partial charge is 0.339 e. The minimum absolute atomic E-state index is 0.380. The number of ether oxygens (including phenoxy) is 2. The molecule has 0 fully saturated rings. The largest absolute Gasteiger partial charge is 0.467 e. The van der Waals surface area contributed by atoms with E-state index in [2.05, 4.69) is 5.32 Å². The molecule has 2 rings (SSSR count). The summed E-state index contributed by atoms with van der Waals surface area (Å²) in [5.41, 5.74) is -0.969. The van der Waals surface area contributed by atoms with Crippen molar-refractivity contribution in [2.75, 3.05) is 7.11 Å². The molecule has 1 amide bonds. The zero-order valence-electron chi connectivity index (χ0n) is 16.5. The highest BCUT2D eigenvalue weighted by atomic mass is 16.5. The van der Waals surface area contributed by atoms with Crippen LogP contribution in [0.3, 0.4) is 0 Å². The molecule has 0 bridgehead atoms. The fraction of sp³-hybridized carbons (Fsp3) is 0.364. The lowest BCUT2D eigenvalue weighted by Gasteiger charge is -2.40. The van der Waals surface area contributed by atoms with E-state index in [-0.39, 0.29) is 5.91 Å². The van der Waals surface area contributed by atoms with Crippen LogP contribution >= 0.6 is 0 Å². The average molecular weight is 369 g/mol. The molecule has 1 N–H and O–H groups in total. The van der Waals surface area contributed by atoms with Gasteiger partial charge in [-0.3, -0.25) is 4.79 Å². The third kappa shape index (κ3) is 4.74. The van der Waals surface area contributed by atoms with Crippen molar-refractivity contribution in [1.29, 1.82) is 0 Å². The zero-order chi connectivity index (χ0) is 20.1. The zero-order valence-corrected chi connectivity index (χ0v) is 16.5. The number of hydrogen-bond acceptors (Lipinski definition) is 4. The Hall–Kier alpha value is -2.66. The van der Waals surface area contributed by atoms with Gasteiger partial charge < -0.3 is 14.8 Å². The second-order valence-electron chi connectivity index (χ2n) is 7.36. The summed E-state index contributed by atoms with van der Waals surface area (Å²) in [7, 11) is 1.30. The summed E-state index contributed by atoms with van der Waals surface area (Å²) in [6.07, 6.45) is -0.681. The van der Waals surface area contributed by atoms with Gasteiger partial charge in [-0.1, -0.05) is 48.5 Å². The van der Waals surface area contributed by atoms with E-state index in [1.807, 2.05) is 45.0 Å². The predicted molar refractivity (Wildman–Crippen MR) is 104 cm³/mol. The van der Waals surface area contributed by atoms with Gasteiger partial charge in [0, 0.05) is 5.56 Å². The van der Waals surface area contributed by atoms with Crippen LogP contribution in [0, 0.1) is 0 Å². The molecule has 0 unspecified atom stereocenters. The van der Waals surface area contributed by atoms with Gasteiger partial charge in [0.05, 0.1) is 18.8 Å². The first-order chi connectivity index (χ1) is 12.7. The standard InChI is InChI=1S/C22H27NO4/c1-16(27-21(2,3)4)22(20(25)26-5,18-14-10-7-11-15-18)23-19(24)17-12-8-6-9-13-17/h6-16H,1-5H3,(H,23,24)/t16-,22-/m1/s1. The molecule has 0 aliphatic rings. The van der Waals surface area contributed by atoms with Gasteiger partial charge in [0.2, 0.25) is 0 Å². The highest BCUT2D eigenvalue weighted by molar-refractivity contribution is 5.98. The lowest BCUT2D eigenvalue weighted by Crippen LogP contribution is -2.60. The van der Waals surface area contributed by atoms with Gasteiger partial charge >= 0.3 is 5.97 Å². The Morgan fingerprint density at radius 2 is 1.44 bits per heavy atom. The van der Waals surface area contributed by atoms with Crippen molar-refractivity contribution in [3.63, 3.8) is 0 Å². The number of rotatable bonds is 6. The topological polar surface area (TPSA) is 64.6 Å². The fourth-order valence-electron chi connectivity index (χ4n) is 3.06. The number of methoxy groups -OCH3 is 1. The van der Waals surface area contributed by atoms with Crippen molar-refractivity contribution >= 4 is 11.9 Å². The van der Waals surface area contributed by atoms with E-state index < -0.39 is 23.2 Å². The Labute approximate surface area is 160 Å². The van der Waals surface area contributed by atoms with E-state index in [1.165, 1.54) is 7.11 Å². The van der Waals surface area contributed by atoms with Crippen LogP contribution in [0.4, 0.5) is 0 Å². The molecular weight excluding hydrogens is 342 g/mol. The van der Waals surface area contributed by atoms with E-state index in [4.69, 9.17) is 9.47 Å². The van der Waals surface area contributed by atoms with Gasteiger partial charge in [-0.15, -0.1) is 0 Å². The van der Waals surface area contributed by atoms with Gasteiger partial charge in [0.25, 0.3) is 5.91 Å². The van der Waals surface area contributed by atoms with E-state index in [0.29, 0.717) is 11.1 Å². The summed E-state index contributed by atoms with van der Waals surface area (Å²) < 4.78 is 11.2. The van der Waals surface area contributed by atoms with Crippen LogP contribution in [-0.2, 0) is 19.8 Å². The molecule has 27 heavy (non-hydrogen) atoms. The maximum atomic E-state index is 13.0. The number of hydrogen-bond donors (Lipinski definition) is 1. The molecule has 2 aromatic rings. The van der Waals surface area contributed by atoms with Crippen LogP contribution in [0.2, 0.25) is 0 Å². The average Bonchev–Trinajstić information content (AvgIpc) is 2.65. The fourth-order valence-corrected chi connectivity index (χ4v) is 3.06. The third-order valence-electron chi connectivity index (χ3n) is 4.22. The Morgan fingerprint density at radius 3 is 1.93 bits per heavy atom. The lowest BCUT2D eigenvalue weighted by atomic mass is 9.84. The summed E-state index contributed by atoms with van der Waals surface area (Å²) in [6.45, 7) is 7.46. The summed E-state index contributed by atoms with van der Waals surface area (Å²) >= 11 is 0. The SMILES string of the molecule is COC(=O)[C@](NC(=O)c1ccccc1)(c1ccccc1)[C@@H](C)OC(C)(C)C. The van der Waals surface area contributed by atoms with Gasteiger partial charge in [-0.05, 0) is 45.4 Å². The van der Waals surface area contributed by atoms with Crippen molar-refractivity contribution < 1.29 is 19.1 Å². The normalized spacial score (nSPS) is 14.7. The second-order valence-corrected chi connectivity index (χ2v) is 7.36. The van der Waals surface area contributed by atoms with Gasteiger partial charge in [0.1, 0.15) is 0 Å². The summed E-state index contributed by atoms with van der Waals surface area (Å²) in [4.78, 5) is 26.0. The third-order valence-corrected chi connectivity index (χ3v) is 4.22. The molecule has 0 heterocycles. The van der Waals surface area contributed by atoms with Crippen molar-refractivity contribution in [2.45, 2.75) is 44.9 Å². The molecule has 0 spiro atoms. The van der Waals surface area contributed by atoms with Crippen LogP contribution in [0.1, 0.15) is 43.6 Å². The summed E-state index contributed by atoms with van der Waals surface area (Å²) in [6, 6.07) is 17.8.